The number of amides is 2. The van der Waals surface area contributed by atoms with Crippen molar-refractivity contribution in [3.05, 3.63) is 17.0 Å². The molecular formula is C19H30N4O2. The molecule has 1 N–H and O–H groups in total. The van der Waals surface area contributed by atoms with Crippen LogP contribution in [-0.4, -0.2) is 45.6 Å². The van der Waals surface area contributed by atoms with Gasteiger partial charge in [-0.25, -0.2) is 0 Å². The molecule has 6 nitrogen and oxygen atoms in total. The third kappa shape index (κ3) is 3.07. The lowest BCUT2D eigenvalue weighted by molar-refractivity contribution is -0.150. The molecule has 2 aliphatic rings. The van der Waals surface area contributed by atoms with Crippen LogP contribution >= 0.6 is 0 Å². The first-order valence-corrected chi connectivity index (χ1v) is 9.45. The molecule has 1 aromatic rings. The first kappa shape index (κ1) is 18.0. The van der Waals surface area contributed by atoms with Gasteiger partial charge in [-0.3, -0.25) is 14.3 Å². The van der Waals surface area contributed by atoms with Gasteiger partial charge in [-0.05, 0) is 58.9 Å². The van der Waals surface area contributed by atoms with Crippen LogP contribution in [0.2, 0.25) is 0 Å². The second-order valence-electron chi connectivity index (χ2n) is 7.65. The summed E-state index contributed by atoms with van der Waals surface area (Å²) >= 11 is 0. The zero-order chi connectivity index (χ0) is 18.2. The first-order chi connectivity index (χ1) is 11.9. The van der Waals surface area contributed by atoms with Crippen LogP contribution in [0.3, 0.4) is 0 Å². The molecule has 2 amide bonds. The maximum absolute atomic E-state index is 12.9. The Bertz CT molecular complexity index is 677. The van der Waals surface area contributed by atoms with E-state index in [2.05, 4.69) is 24.3 Å². The molecule has 0 saturated carbocycles. The van der Waals surface area contributed by atoms with Gasteiger partial charge in [-0.15, -0.1) is 0 Å². The van der Waals surface area contributed by atoms with Crippen LogP contribution in [0, 0.1) is 26.2 Å². The van der Waals surface area contributed by atoms with E-state index in [1.807, 2.05) is 23.4 Å². The number of aromatic nitrogens is 2. The molecule has 3 heterocycles. The Hall–Kier alpha value is -1.85. The number of hydrogen-bond acceptors (Lipinski definition) is 3. The van der Waals surface area contributed by atoms with Crippen molar-refractivity contribution in [1.29, 1.82) is 0 Å². The Morgan fingerprint density at radius 1 is 1.28 bits per heavy atom. The van der Waals surface area contributed by atoms with Crippen LogP contribution in [0.5, 0.6) is 0 Å². The normalized spacial score (nSPS) is 26.8. The summed E-state index contributed by atoms with van der Waals surface area (Å²) in [5.41, 5.74) is 2.95. The maximum Gasteiger partial charge on any atom is 0.228 e. The summed E-state index contributed by atoms with van der Waals surface area (Å²) in [4.78, 5) is 27.4. The molecule has 0 aliphatic carbocycles. The van der Waals surface area contributed by atoms with Gasteiger partial charge in [0.05, 0.1) is 11.1 Å². The summed E-state index contributed by atoms with van der Waals surface area (Å²) in [7, 11) is 0. The monoisotopic (exact) mass is 346 g/mol. The van der Waals surface area contributed by atoms with Crippen LogP contribution in [0.4, 0.5) is 0 Å². The lowest BCUT2D eigenvalue weighted by Gasteiger charge is -2.49. The Morgan fingerprint density at radius 3 is 2.64 bits per heavy atom. The largest absolute Gasteiger partial charge is 0.356 e. The average Bonchev–Trinajstić information content (AvgIpc) is 2.84. The zero-order valence-corrected chi connectivity index (χ0v) is 15.9. The molecule has 0 unspecified atom stereocenters. The molecule has 1 aromatic heterocycles. The molecule has 1 spiro atoms. The van der Waals surface area contributed by atoms with Gasteiger partial charge in [0.2, 0.25) is 11.8 Å². The van der Waals surface area contributed by atoms with Crippen molar-refractivity contribution in [2.24, 2.45) is 5.41 Å². The number of hydrogen-bond donors (Lipinski definition) is 1. The van der Waals surface area contributed by atoms with E-state index < -0.39 is 0 Å². The smallest absolute Gasteiger partial charge is 0.228 e. The summed E-state index contributed by atoms with van der Waals surface area (Å²) in [6.45, 7) is 10.3. The van der Waals surface area contributed by atoms with Gasteiger partial charge in [0, 0.05) is 37.8 Å². The minimum absolute atomic E-state index is 0.0313. The fourth-order valence-corrected chi connectivity index (χ4v) is 4.49. The number of nitrogens with zero attached hydrogens (tertiary/aromatic N) is 3. The van der Waals surface area contributed by atoms with E-state index in [4.69, 9.17) is 0 Å². The number of carbonyl (C=O) groups excluding carboxylic acids is 2. The van der Waals surface area contributed by atoms with Gasteiger partial charge in [-0.1, -0.05) is 0 Å². The van der Waals surface area contributed by atoms with Crippen molar-refractivity contribution in [2.75, 3.05) is 13.1 Å². The van der Waals surface area contributed by atoms with E-state index in [0.29, 0.717) is 13.0 Å². The first-order valence-electron chi connectivity index (χ1n) is 9.45. The van der Waals surface area contributed by atoms with Crippen molar-refractivity contribution < 1.29 is 9.59 Å². The van der Waals surface area contributed by atoms with Gasteiger partial charge in [0.1, 0.15) is 0 Å². The minimum Gasteiger partial charge on any atom is -0.356 e. The molecule has 6 heteroatoms. The van der Waals surface area contributed by atoms with Crippen molar-refractivity contribution in [2.45, 2.75) is 72.4 Å². The van der Waals surface area contributed by atoms with E-state index in [1.165, 1.54) is 5.56 Å². The summed E-state index contributed by atoms with van der Waals surface area (Å²) in [6, 6.07) is -0.0313. The number of piperidine rings is 2. The van der Waals surface area contributed by atoms with Gasteiger partial charge in [-0.2, -0.15) is 5.10 Å². The quantitative estimate of drug-likeness (QED) is 0.911. The highest BCUT2D eigenvalue weighted by atomic mass is 16.2. The molecule has 2 saturated heterocycles. The summed E-state index contributed by atoms with van der Waals surface area (Å²) < 4.78 is 1.93. The van der Waals surface area contributed by atoms with Crippen molar-refractivity contribution in [1.82, 2.24) is 20.0 Å². The van der Waals surface area contributed by atoms with E-state index in [0.717, 1.165) is 50.2 Å². The molecule has 2 aliphatic heterocycles. The van der Waals surface area contributed by atoms with Gasteiger partial charge >= 0.3 is 0 Å². The Labute approximate surface area is 149 Å². The SMILES string of the molecule is Cc1nn(CCC(=O)N2CCC[C@@]3(CCCNC3=O)[C@@H]2C)c(C)c1C. The predicted molar refractivity (Wildman–Crippen MR) is 96.1 cm³/mol. The highest BCUT2D eigenvalue weighted by molar-refractivity contribution is 5.86. The fraction of sp³-hybridized carbons (Fsp3) is 0.737. The molecule has 2 fully saturated rings. The number of rotatable bonds is 3. The number of carbonyl (C=O) groups is 2. The molecule has 138 valence electrons. The van der Waals surface area contributed by atoms with Crippen LogP contribution < -0.4 is 5.32 Å². The molecule has 3 rings (SSSR count). The summed E-state index contributed by atoms with van der Waals surface area (Å²) in [5, 5.41) is 7.54. The van der Waals surface area contributed by atoms with Crippen LogP contribution in [0.15, 0.2) is 0 Å². The van der Waals surface area contributed by atoms with Crippen molar-refractivity contribution in [3.63, 3.8) is 0 Å². The lowest BCUT2D eigenvalue weighted by Crippen LogP contribution is -2.61. The van der Waals surface area contributed by atoms with Gasteiger partial charge < -0.3 is 10.2 Å². The highest BCUT2D eigenvalue weighted by Crippen LogP contribution is 2.42. The maximum atomic E-state index is 12.9. The molecule has 0 aromatic carbocycles. The average molecular weight is 346 g/mol. The number of likely N-dealkylation sites (tertiary alicyclic amines) is 1. The van der Waals surface area contributed by atoms with E-state index >= 15 is 0 Å². The number of nitrogens with one attached hydrogen (secondary N) is 1. The third-order valence-electron chi connectivity index (χ3n) is 6.43. The van der Waals surface area contributed by atoms with Gasteiger partial charge in [0.25, 0.3) is 0 Å². The fourth-order valence-electron chi connectivity index (χ4n) is 4.49. The van der Waals surface area contributed by atoms with E-state index in [1.54, 1.807) is 0 Å². The minimum atomic E-state index is -0.388. The topological polar surface area (TPSA) is 67.2 Å². The summed E-state index contributed by atoms with van der Waals surface area (Å²) in [6.07, 6.45) is 4.12. The van der Waals surface area contributed by atoms with E-state index in [9.17, 15) is 9.59 Å². The Balaban J connectivity index is 1.69. The highest BCUT2D eigenvalue weighted by Gasteiger charge is 2.49. The zero-order valence-electron chi connectivity index (χ0n) is 15.9. The van der Waals surface area contributed by atoms with Crippen molar-refractivity contribution >= 4 is 11.8 Å². The van der Waals surface area contributed by atoms with Crippen LogP contribution in [0.1, 0.15) is 56.0 Å². The second kappa shape index (κ2) is 6.81. The van der Waals surface area contributed by atoms with E-state index in [-0.39, 0.29) is 23.3 Å². The predicted octanol–water partition coefficient (Wildman–Crippen LogP) is 2.11. The number of aryl methyl sites for hydroxylation is 2. The molecule has 0 radical (unpaired) electrons. The summed E-state index contributed by atoms with van der Waals surface area (Å²) in [5.74, 6) is 0.271. The van der Waals surface area contributed by atoms with Crippen molar-refractivity contribution in [3.8, 4) is 0 Å². The third-order valence-corrected chi connectivity index (χ3v) is 6.43. The molecular weight excluding hydrogens is 316 g/mol. The standard InChI is InChI=1S/C19H30N4O2/c1-13-14(2)21-23(15(13)3)12-7-17(24)22-11-6-9-19(16(22)4)8-5-10-20-18(19)25/h16H,5-12H2,1-4H3,(H,20,25)/t16-,19-/m0/s1. The molecule has 0 bridgehead atoms. The van der Waals surface area contributed by atoms with Crippen LogP contribution in [0.25, 0.3) is 0 Å². The Morgan fingerprint density at radius 2 is 2.00 bits per heavy atom. The molecule has 2 atom stereocenters. The lowest BCUT2D eigenvalue weighted by atomic mass is 9.68. The van der Waals surface area contributed by atoms with Gasteiger partial charge in [0.15, 0.2) is 0 Å². The van der Waals surface area contributed by atoms with Crippen LogP contribution in [-0.2, 0) is 16.1 Å². The Kier molecular flexibility index (Phi) is 4.89. The molecule has 25 heavy (non-hydrogen) atoms. The second-order valence-corrected chi connectivity index (χ2v) is 7.65.